The van der Waals surface area contributed by atoms with Crippen molar-refractivity contribution in [2.45, 2.75) is 70.1 Å². The van der Waals surface area contributed by atoms with Crippen molar-refractivity contribution in [3.8, 4) is 0 Å². The number of piperazine rings is 1. The molecule has 180 valence electrons. The molecule has 1 saturated heterocycles. The summed E-state index contributed by atoms with van der Waals surface area (Å²) in [5.74, 6) is -0.0171. The van der Waals surface area contributed by atoms with Gasteiger partial charge >= 0.3 is 6.09 Å². The highest BCUT2D eigenvalue weighted by molar-refractivity contribution is 6.30. The molecule has 1 saturated carbocycles. The van der Waals surface area contributed by atoms with Gasteiger partial charge in [0.05, 0.1) is 16.8 Å². The van der Waals surface area contributed by atoms with Gasteiger partial charge in [0.15, 0.2) is 5.78 Å². The number of hydrogen-bond donors (Lipinski definition) is 0. The summed E-state index contributed by atoms with van der Waals surface area (Å²) in [5.41, 5.74) is 4.65. The van der Waals surface area contributed by atoms with Crippen LogP contribution in [0.15, 0.2) is 36.5 Å². The van der Waals surface area contributed by atoms with E-state index in [0.29, 0.717) is 24.7 Å². The van der Waals surface area contributed by atoms with Crippen molar-refractivity contribution >= 4 is 23.5 Å². The van der Waals surface area contributed by atoms with Crippen LogP contribution in [0.5, 0.6) is 0 Å². The molecule has 0 radical (unpaired) electrons. The average Bonchev–Trinajstić information content (AvgIpc) is 3.01. The van der Waals surface area contributed by atoms with Crippen molar-refractivity contribution < 1.29 is 14.3 Å². The zero-order valence-electron chi connectivity index (χ0n) is 19.7. The Morgan fingerprint density at radius 1 is 1.06 bits per heavy atom. The SMILES string of the molecule is CC(=O)[C@H]1CN(C2c3ccccc3CCc3cc(Cl)cnc32)CCN1C(=O)OC1CCCCC1. The maximum Gasteiger partial charge on any atom is 0.410 e. The van der Waals surface area contributed by atoms with Crippen LogP contribution in [0, 0.1) is 0 Å². The molecule has 34 heavy (non-hydrogen) atoms. The Bertz CT molecular complexity index is 1070. The second-order valence-corrected chi connectivity index (χ2v) is 10.2. The van der Waals surface area contributed by atoms with Gasteiger partial charge in [-0.1, -0.05) is 42.3 Å². The summed E-state index contributed by atoms with van der Waals surface area (Å²) < 4.78 is 5.83. The second kappa shape index (κ2) is 10.0. The molecule has 2 aromatic rings. The number of ketones is 1. The number of carbonyl (C=O) groups excluding carboxylic acids is 2. The Hall–Kier alpha value is -2.44. The maximum atomic E-state index is 13.1. The number of amides is 1. The highest BCUT2D eigenvalue weighted by atomic mass is 35.5. The number of hydrogen-bond acceptors (Lipinski definition) is 5. The first-order valence-corrected chi connectivity index (χ1v) is 12.8. The minimum atomic E-state index is -0.531. The lowest BCUT2D eigenvalue weighted by atomic mass is 9.95. The van der Waals surface area contributed by atoms with Crippen molar-refractivity contribution in [3.63, 3.8) is 0 Å². The first-order chi connectivity index (χ1) is 16.5. The third kappa shape index (κ3) is 4.71. The number of aryl methyl sites for hydroxylation is 2. The molecule has 0 bridgehead atoms. The van der Waals surface area contributed by atoms with Crippen molar-refractivity contribution in [3.05, 3.63) is 63.9 Å². The molecule has 1 unspecified atom stereocenters. The van der Waals surface area contributed by atoms with Gasteiger partial charge in [-0.25, -0.2) is 4.79 Å². The molecule has 2 aliphatic carbocycles. The summed E-state index contributed by atoms with van der Waals surface area (Å²) >= 11 is 6.29. The molecule has 6 nitrogen and oxygen atoms in total. The molecule has 1 aliphatic heterocycles. The third-order valence-corrected chi connectivity index (χ3v) is 7.75. The topological polar surface area (TPSA) is 62.7 Å². The van der Waals surface area contributed by atoms with Crippen LogP contribution in [0.4, 0.5) is 4.79 Å². The lowest BCUT2D eigenvalue weighted by Crippen LogP contribution is -2.59. The van der Waals surface area contributed by atoms with Crippen LogP contribution >= 0.6 is 11.6 Å². The Labute approximate surface area is 206 Å². The molecular weight excluding hydrogens is 450 g/mol. The smallest absolute Gasteiger partial charge is 0.410 e. The average molecular weight is 482 g/mol. The van der Waals surface area contributed by atoms with Crippen LogP contribution in [-0.4, -0.2) is 58.4 Å². The predicted molar refractivity (Wildman–Crippen MR) is 131 cm³/mol. The summed E-state index contributed by atoms with van der Waals surface area (Å²) in [6.07, 6.45) is 8.36. The van der Waals surface area contributed by atoms with Gasteiger partial charge in [-0.15, -0.1) is 0 Å². The third-order valence-electron chi connectivity index (χ3n) is 7.54. The minimum Gasteiger partial charge on any atom is -0.446 e. The highest BCUT2D eigenvalue weighted by Gasteiger charge is 2.40. The molecule has 5 rings (SSSR count). The van der Waals surface area contributed by atoms with Crippen molar-refractivity contribution in [1.29, 1.82) is 0 Å². The number of ether oxygens (including phenoxy) is 1. The van der Waals surface area contributed by atoms with Crippen LogP contribution in [0.1, 0.15) is 67.5 Å². The van der Waals surface area contributed by atoms with E-state index in [0.717, 1.165) is 49.8 Å². The van der Waals surface area contributed by atoms with Crippen LogP contribution in [-0.2, 0) is 22.4 Å². The van der Waals surface area contributed by atoms with Gasteiger partial charge in [0, 0.05) is 25.8 Å². The predicted octanol–water partition coefficient (Wildman–Crippen LogP) is 4.97. The number of benzene rings is 1. The van der Waals surface area contributed by atoms with E-state index < -0.39 is 6.04 Å². The van der Waals surface area contributed by atoms with Gasteiger partial charge in [-0.2, -0.15) is 0 Å². The number of Topliss-reactive ketones (excluding diaryl/α,β-unsaturated/α-hetero) is 1. The van der Waals surface area contributed by atoms with E-state index >= 15 is 0 Å². The molecule has 3 aliphatic rings. The summed E-state index contributed by atoms with van der Waals surface area (Å²) in [6, 6.07) is 9.88. The van der Waals surface area contributed by atoms with Gasteiger partial charge in [0.2, 0.25) is 0 Å². The molecule has 0 N–H and O–H groups in total. The van der Waals surface area contributed by atoms with Gasteiger partial charge in [-0.3, -0.25) is 19.6 Å². The number of rotatable bonds is 3. The Morgan fingerprint density at radius 2 is 1.82 bits per heavy atom. The lowest BCUT2D eigenvalue weighted by Gasteiger charge is -2.43. The van der Waals surface area contributed by atoms with Crippen molar-refractivity contribution in [2.24, 2.45) is 0 Å². The standard InChI is InChI=1S/C27H32ClN3O3/c1-18(32)24-17-30(13-14-31(24)27(33)34-22-8-3-2-4-9-22)26-23-10-6-5-7-19(23)11-12-20-15-21(28)16-29-25(20)26/h5-7,10,15-16,22,24,26H,2-4,8-9,11-14,17H2,1H3/t24-,26?/m1/s1. The summed E-state index contributed by atoms with van der Waals surface area (Å²) in [6.45, 7) is 3.13. The van der Waals surface area contributed by atoms with Crippen LogP contribution in [0.2, 0.25) is 5.02 Å². The molecule has 7 heteroatoms. The quantitative estimate of drug-likeness (QED) is 0.619. The van der Waals surface area contributed by atoms with E-state index in [1.165, 1.54) is 17.5 Å². The van der Waals surface area contributed by atoms with E-state index in [1.807, 2.05) is 6.07 Å². The molecular formula is C27H32ClN3O3. The zero-order chi connectivity index (χ0) is 23.7. The van der Waals surface area contributed by atoms with Crippen molar-refractivity contribution in [2.75, 3.05) is 19.6 Å². The van der Waals surface area contributed by atoms with Gasteiger partial charge < -0.3 is 4.74 Å². The monoisotopic (exact) mass is 481 g/mol. The molecule has 1 aromatic carbocycles. The fourth-order valence-electron chi connectivity index (χ4n) is 5.75. The fraction of sp³-hybridized carbons (Fsp3) is 0.519. The van der Waals surface area contributed by atoms with E-state index in [1.54, 1.807) is 18.0 Å². The first-order valence-electron chi connectivity index (χ1n) is 12.4. The molecule has 1 amide bonds. The van der Waals surface area contributed by atoms with Crippen LogP contribution in [0.3, 0.4) is 0 Å². The van der Waals surface area contributed by atoms with E-state index in [2.05, 4.69) is 29.2 Å². The molecule has 2 atom stereocenters. The first kappa shape index (κ1) is 23.3. The number of pyridine rings is 1. The molecule has 2 heterocycles. The molecule has 0 spiro atoms. The number of fused-ring (bicyclic) bond motifs is 2. The summed E-state index contributed by atoms with van der Waals surface area (Å²) in [5, 5.41) is 0.639. The fourth-order valence-corrected chi connectivity index (χ4v) is 5.93. The minimum absolute atomic E-state index is 0.0171. The number of halogens is 1. The van der Waals surface area contributed by atoms with Crippen molar-refractivity contribution in [1.82, 2.24) is 14.8 Å². The summed E-state index contributed by atoms with van der Waals surface area (Å²) in [7, 11) is 0. The zero-order valence-corrected chi connectivity index (χ0v) is 20.5. The summed E-state index contributed by atoms with van der Waals surface area (Å²) in [4.78, 5) is 34.5. The second-order valence-electron chi connectivity index (χ2n) is 9.76. The van der Waals surface area contributed by atoms with E-state index in [9.17, 15) is 9.59 Å². The van der Waals surface area contributed by atoms with Crippen LogP contribution < -0.4 is 0 Å². The molecule has 2 fully saturated rings. The Balaban J connectivity index is 1.42. The number of carbonyl (C=O) groups is 2. The van der Waals surface area contributed by atoms with Gasteiger partial charge in [-0.05, 0) is 68.2 Å². The van der Waals surface area contributed by atoms with E-state index in [-0.39, 0.29) is 24.0 Å². The lowest BCUT2D eigenvalue weighted by molar-refractivity contribution is -0.124. The van der Waals surface area contributed by atoms with Crippen LogP contribution in [0.25, 0.3) is 0 Å². The Kier molecular flexibility index (Phi) is 6.89. The maximum absolute atomic E-state index is 13.1. The number of nitrogens with zero attached hydrogens (tertiary/aromatic N) is 3. The normalized spacial score (nSPS) is 23.5. The Morgan fingerprint density at radius 3 is 2.62 bits per heavy atom. The molecule has 1 aromatic heterocycles. The van der Waals surface area contributed by atoms with Gasteiger partial charge in [0.1, 0.15) is 12.1 Å². The largest absolute Gasteiger partial charge is 0.446 e. The van der Waals surface area contributed by atoms with E-state index in [4.69, 9.17) is 21.3 Å². The van der Waals surface area contributed by atoms with Gasteiger partial charge in [0.25, 0.3) is 0 Å². The highest BCUT2D eigenvalue weighted by Crippen LogP contribution is 2.37. The number of aromatic nitrogens is 1.